The van der Waals surface area contributed by atoms with E-state index in [4.69, 9.17) is 4.74 Å². The third kappa shape index (κ3) is 2.53. The maximum absolute atomic E-state index is 11.2. The van der Waals surface area contributed by atoms with Crippen molar-refractivity contribution in [3.8, 4) is 0 Å². The zero-order chi connectivity index (χ0) is 11.6. The van der Waals surface area contributed by atoms with E-state index in [0.29, 0.717) is 6.61 Å². The summed E-state index contributed by atoms with van der Waals surface area (Å²) in [5.74, 6) is 0.769. The van der Waals surface area contributed by atoms with Crippen LogP contribution in [-0.2, 0) is 15.5 Å². The zero-order valence-corrected chi connectivity index (χ0v) is 10.4. The molecule has 0 bridgehead atoms. The number of benzene rings is 1. The van der Waals surface area contributed by atoms with Gasteiger partial charge in [-0.2, -0.15) is 0 Å². The molecule has 1 aliphatic rings. The summed E-state index contributed by atoms with van der Waals surface area (Å²) >= 11 is 0. The molecule has 1 aromatic carbocycles. The Balaban J connectivity index is 1.91. The first kappa shape index (κ1) is 11.4. The van der Waals surface area contributed by atoms with E-state index in [1.807, 2.05) is 44.2 Å². The van der Waals surface area contributed by atoms with Crippen LogP contribution in [0, 0.1) is 0 Å². The van der Waals surface area contributed by atoms with Crippen LogP contribution in [0.2, 0.25) is 0 Å². The maximum Gasteiger partial charge on any atom is 0.105 e. The second-order valence-corrected chi connectivity index (χ2v) is 6.38. The molecule has 0 aliphatic carbocycles. The van der Waals surface area contributed by atoms with Gasteiger partial charge in [-0.1, -0.05) is 30.3 Å². The van der Waals surface area contributed by atoms with Crippen LogP contribution < -0.4 is 0 Å². The predicted octanol–water partition coefficient (Wildman–Crippen LogP) is 2.59. The van der Waals surface area contributed by atoms with Crippen molar-refractivity contribution in [2.75, 3.05) is 12.4 Å². The van der Waals surface area contributed by atoms with Gasteiger partial charge in [0.2, 0.25) is 0 Å². The van der Waals surface area contributed by atoms with Crippen molar-refractivity contribution in [2.45, 2.75) is 18.6 Å². The topological polar surface area (TPSA) is 26.3 Å². The van der Waals surface area contributed by atoms with Gasteiger partial charge in [0, 0.05) is 16.6 Å². The Bertz CT molecular complexity index is 425. The molecule has 1 heterocycles. The molecule has 0 amide bonds. The minimum absolute atomic E-state index is 0.104. The number of hydrogen-bond acceptors (Lipinski definition) is 2. The molecule has 1 saturated heterocycles. The molecule has 1 aromatic rings. The fourth-order valence-electron chi connectivity index (χ4n) is 1.47. The number of hydrogen-bond donors (Lipinski definition) is 0. The molecule has 2 atom stereocenters. The Morgan fingerprint density at radius 1 is 1.50 bits per heavy atom. The number of rotatable bonds is 4. The first-order valence-corrected chi connectivity index (χ1v) is 6.66. The lowest BCUT2D eigenvalue weighted by atomic mass is 10.1. The van der Waals surface area contributed by atoms with Crippen molar-refractivity contribution in [2.24, 2.45) is 0 Å². The molecule has 3 heteroatoms. The fraction of sp³-hybridized carbons (Fsp3) is 0.385. The average molecular weight is 236 g/mol. The summed E-state index contributed by atoms with van der Waals surface area (Å²) in [6.45, 7) is 4.56. The Morgan fingerprint density at radius 2 is 2.12 bits per heavy atom. The molecule has 0 aromatic heterocycles. The van der Waals surface area contributed by atoms with Crippen LogP contribution in [0.1, 0.15) is 19.4 Å². The summed E-state index contributed by atoms with van der Waals surface area (Å²) in [6, 6.07) is 10.1. The molecule has 0 radical (unpaired) electrons. The molecule has 0 saturated carbocycles. The van der Waals surface area contributed by atoms with E-state index in [-0.39, 0.29) is 4.75 Å². The molecule has 16 heavy (non-hydrogen) atoms. The summed E-state index contributed by atoms with van der Waals surface area (Å²) in [5, 5.41) is 0. The van der Waals surface area contributed by atoms with E-state index in [9.17, 15) is 4.21 Å². The largest absolute Gasteiger partial charge is 0.499 e. The molecule has 0 spiro atoms. The summed E-state index contributed by atoms with van der Waals surface area (Å²) in [7, 11) is -0.678. The van der Waals surface area contributed by atoms with E-state index < -0.39 is 10.8 Å². The van der Waals surface area contributed by atoms with Gasteiger partial charge in [0.25, 0.3) is 0 Å². The summed E-state index contributed by atoms with van der Waals surface area (Å²) in [6.07, 6.45) is 1.76. The van der Waals surface area contributed by atoms with Gasteiger partial charge in [0.1, 0.15) is 6.61 Å². The second-order valence-electron chi connectivity index (χ2n) is 4.42. The first-order chi connectivity index (χ1) is 7.62. The van der Waals surface area contributed by atoms with Crippen LogP contribution in [0.25, 0.3) is 5.57 Å². The molecule has 2 rings (SSSR count). The number of allylic oxidation sites excluding steroid dienone is 1. The lowest BCUT2D eigenvalue weighted by Gasteiger charge is -2.06. The van der Waals surface area contributed by atoms with Crippen molar-refractivity contribution in [1.82, 2.24) is 0 Å². The Labute approximate surface area is 98.8 Å². The van der Waals surface area contributed by atoms with Crippen molar-refractivity contribution < 1.29 is 8.95 Å². The SMILES string of the molecule is C/C(=C/OCC1(C)CS1=O)c1ccccc1. The van der Waals surface area contributed by atoms with Gasteiger partial charge in [0.05, 0.1) is 11.0 Å². The van der Waals surface area contributed by atoms with E-state index >= 15 is 0 Å². The molecule has 2 nitrogen and oxygen atoms in total. The van der Waals surface area contributed by atoms with E-state index in [0.717, 1.165) is 16.9 Å². The summed E-state index contributed by atoms with van der Waals surface area (Å²) in [5.41, 5.74) is 2.25. The fourth-order valence-corrected chi connectivity index (χ4v) is 2.39. The van der Waals surface area contributed by atoms with Crippen LogP contribution in [0.3, 0.4) is 0 Å². The van der Waals surface area contributed by atoms with Crippen LogP contribution in [-0.4, -0.2) is 21.3 Å². The lowest BCUT2D eigenvalue weighted by molar-refractivity contribution is 0.236. The van der Waals surface area contributed by atoms with Gasteiger partial charge in [-0.15, -0.1) is 0 Å². The highest BCUT2D eigenvalue weighted by Crippen LogP contribution is 2.31. The van der Waals surface area contributed by atoms with Crippen molar-refractivity contribution in [3.63, 3.8) is 0 Å². The standard InChI is InChI=1S/C13H16O2S/c1-11(12-6-4-3-5-7-12)8-15-9-13(2)10-16(13)14/h3-8H,9-10H2,1-2H3/b11-8-. The van der Waals surface area contributed by atoms with Crippen LogP contribution >= 0.6 is 0 Å². The monoisotopic (exact) mass is 236 g/mol. The molecule has 0 N–H and O–H groups in total. The third-order valence-electron chi connectivity index (χ3n) is 2.78. The smallest absolute Gasteiger partial charge is 0.105 e. The van der Waals surface area contributed by atoms with E-state index in [1.54, 1.807) is 6.26 Å². The zero-order valence-electron chi connectivity index (χ0n) is 9.60. The lowest BCUT2D eigenvalue weighted by Crippen LogP contribution is -2.13. The van der Waals surface area contributed by atoms with Crippen LogP contribution in [0.4, 0.5) is 0 Å². The summed E-state index contributed by atoms with van der Waals surface area (Å²) < 4.78 is 16.6. The number of ether oxygens (including phenoxy) is 1. The van der Waals surface area contributed by atoms with Gasteiger partial charge in [-0.05, 0) is 25.0 Å². The predicted molar refractivity (Wildman–Crippen MR) is 67.5 cm³/mol. The van der Waals surface area contributed by atoms with Gasteiger partial charge in [-0.25, -0.2) is 0 Å². The average Bonchev–Trinajstić information content (AvgIpc) is 2.88. The van der Waals surface area contributed by atoms with Gasteiger partial charge in [-0.3, -0.25) is 4.21 Å². The first-order valence-electron chi connectivity index (χ1n) is 5.34. The minimum atomic E-state index is -0.678. The van der Waals surface area contributed by atoms with Crippen molar-refractivity contribution in [1.29, 1.82) is 0 Å². The highest BCUT2D eigenvalue weighted by Gasteiger charge is 2.48. The highest BCUT2D eigenvalue weighted by atomic mass is 32.2. The highest BCUT2D eigenvalue weighted by molar-refractivity contribution is 7.94. The molecule has 86 valence electrons. The molecule has 2 unspecified atom stereocenters. The Hall–Kier alpha value is -1.09. The van der Waals surface area contributed by atoms with Crippen LogP contribution in [0.5, 0.6) is 0 Å². The molecular formula is C13H16O2S. The Kier molecular flexibility index (Phi) is 3.15. The second kappa shape index (κ2) is 4.42. The normalized spacial score (nSPS) is 28.9. The molecular weight excluding hydrogens is 220 g/mol. The van der Waals surface area contributed by atoms with Crippen molar-refractivity contribution >= 4 is 16.4 Å². The van der Waals surface area contributed by atoms with Gasteiger partial charge in [0.15, 0.2) is 0 Å². The van der Waals surface area contributed by atoms with Gasteiger partial charge < -0.3 is 4.74 Å². The third-order valence-corrected chi connectivity index (χ3v) is 4.69. The van der Waals surface area contributed by atoms with Gasteiger partial charge >= 0.3 is 0 Å². The van der Waals surface area contributed by atoms with Crippen molar-refractivity contribution in [3.05, 3.63) is 42.2 Å². The Morgan fingerprint density at radius 3 is 2.69 bits per heavy atom. The maximum atomic E-state index is 11.2. The molecule has 1 aliphatic heterocycles. The van der Waals surface area contributed by atoms with E-state index in [2.05, 4.69) is 0 Å². The quantitative estimate of drug-likeness (QED) is 0.593. The van der Waals surface area contributed by atoms with E-state index in [1.165, 1.54) is 0 Å². The minimum Gasteiger partial charge on any atom is -0.499 e. The molecule has 1 fully saturated rings. The summed E-state index contributed by atoms with van der Waals surface area (Å²) in [4.78, 5) is 0. The van der Waals surface area contributed by atoms with Crippen LogP contribution in [0.15, 0.2) is 36.6 Å².